The normalized spacial score (nSPS) is 19.3. The van der Waals surface area contributed by atoms with E-state index in [-0.39, 0.29) is 0 Å². The average molecular weight is 282 g/mol. The van der Waals surface area contributed by atoms with E-state index in [9.17, 15) is 0 Å². The Hall–Kier alpha value is -0.680. The highest BCUT2D eigenvalue weighted by Crippen LogP contribution is 2.23. The molecule has 1 aromatic heterocycles. The Kier molecular flexibility index (Phi) is 5.58. The van der Waals surface area contributed by atoms with Crippen molar-refractivity contribution in [2.75, 3.05) is 24.5 Å². The first-order chi connectivity index (χ1) is 9.20. The first-order valence-corrected chi connectivity index (χ1v) is 8.30. The van der Waals surface area contributed by atoms with E-state index in [1.54, 1.807) is 11.5 Å². The Morgan fingerprint density at radius 2 is 2.32 bits per heavy atom. The second-order valence-electron chi connectivity index (χ2n) is 5.68. The summed E-state index contributed by atoms with van der Waals surface area (Å²) in [6.07, 6.45) is 5.05. The molecule has 0 aromatic carbocycles. The van der Waals surface area contributed by atoms with E-state index in [2.05, 4.69) is 35.4 Å². The Morgan fingerprint density at radius 1 is 1.47 bits per heavy atom. The lowest BCUT2D eigenvalue weighted by molar-refractivity contribution is 0.571. The van der Waals surface area contributed by atoms with Crippen LogP contribution in [0.5, 0.6) is 0 Å². The molecular weight excluding hydrogens is 256 g/mol. The standard InChI is InChI=1S/C14H26N4S/c1-4-5-9-18(10-12-7-6-8-15-12)14-16-13(11(2)3)17-19-14/h11-12,15H,4-10H2,1-3H3. The van der Waals surface area contributed by atoms with Crippen molar-refractivity contribution < 1.29 is 0 Å². The van der Waals surface area contributed by atoms with Gasteiger partial charge in [-0.15, -0.1) is 0 Å². The van der Waals surface area contributed by atoms with E-state index in [1.807, 2.05) is 0 Å². The molecule has 1 N–H and O–H groups in total. The molecule has 0 saturated carbocycles. The summed E-state index contributed by atoms with van der Waals surface area (Å²) in [5.74, 6) is 1.41. The zero-order chi connectivity index (χ0) is 13.7. The summed E-state index contributed by atoms with van der Waals surface area (Å²) in [4.78, 5) is 7.14. The third-order valence-electron chi connectivity index (χ3n) is 3.60. The zero-order valence-electron chi connectivity index (χ0n) is 12.4. The Bertz CT molecular complexity index is 371. The fourth-order valence-electron chi connectivity index (χ4n) is 2.38. The maximum atomic E-state index is 4.71. The summed E-state index contributed by atoms with van der Waals surface area (Å²) in [7, 11) is 0. The molecule has 108 valence electrons. The maximum absolute atomic E-state index is 4.71. The summed E-state index contributed by atoms with van der Waals surface area (Å²) >= 11 is 1.56. The van der Waals surface area contributed by atoms with Crippen LogP contribution in [0.15, 0.2) is 0 Å². The molecule has 1 aliphatic heterocycles. The van der Waals surface area contributed by atoms with Crippen molar-refractivity contribution in [3.63, 3.8) is 0 Å². The van der Waals surface area contributed by atoms with Crippen molar-refractivity contribution >= 4 is 16.7 Å². The fraction of sp³-hybridized carbons (Fsp3) is 0.857. The molecule has 1 saturated heterocycles. The summed E-state index contributed by atoms with van der Waals surface area (Å²) in [6, 6.07) is 0.628. The molecule has 5 heteroatoms. The summed E-state index contributed by atoms with van der Waals surface area (Å²) < 4.78 is 4.49. The van der Waals surface area contributed by atoms with Crippen LogP contribution in [0.3, 0.4) is 0 Å². The van der Waals surface area contributed by atoms with Crippen molar-refractivity contribution in [1.82, 2.24) is 14.7 Å². The van der Waals surface area contributed by atoms with Gasteiger partial charge in [0.25, 0.3) is 0 Å². The minimum atomic E-state index is 0.419. The van der Waals surface area contributed by atoms with E-state index in [0.29, 0.717) is 12.0 Å². The van der Waals surface area contributed by atoms with Gasteiger partial charge >= 0.3 is 0 Å². The van der Waals surface area contributed by atoms with Crippen molar-refractivity contribution in [2.45, 2.75) is 58.4 Å². The number of anilines is 1. The van der Waals surface area contributed by atoms with Gasteiger partial charge in [0.2, 0.25) is 5.13 Å². The topological polar surface area (TPSA) is 41.0 Å². The molecule has 1 aromatic rings. The second kappa shape index (κ2) is 7.20. The number of aromatic nitrogens is 2. The van der Waals surface area contributed by atoms with Gasteiger partial charge in [-0.1, -0.05) is 27.2 Å². The molecule has 1 fully saturated rings. The first kappa shape index (κ1) is 14.7. The van der Waals surface area contributed by atoms with Crippen molar-refractivity contribution in [2.24, 2.45) is 0 Å². The van der Waals surface area contributed by atoms with E-state index in [1.165, 1.54) is 32.2 Å². The highest BCUT2D eigenvalue weighted by atomic mass is 32.1. The molecule has 0 amide bonds. The van der Waals surface area contributed by atoms with Gasteiger partial charge in [0.15, 0.2) is 0 Å². The SMILES string of the molecule is CCCCN(CC1CCCN1)c1nc(C(C)C)ns1. The number of hydrogen-bond donors (Lipinski definition) is 1. The summed E-state index contributed by atoms with van der Waals surface area (Å²) in [5.41, 5.74) is 0. The van der Waals surface area contributed by atoms with Crippen LogP contribution in [0.4, 0.5) is 5.13 Å². The minimum Gasteiger partial charge on any atom is -0.345 e. The molecule has 19 heavy (non-hydrogen) atoms. The van der Waals surface area contributed by atoms with Crippen LogP contribution in [0.25, 0.3) is 0 Å². The van der Waals surface area contributed by atoms with Crippen LogP contribution in [0, 0.1) is 0 Å². The monoisotopic (exact) mass is 282 g/mol. The molecule has 0 aliphatic carbocycles. The van der Waals surface area contributed by atoms with E-state index in [0.717, 1.165) is 24.0 Å². The van der Waals surface area contributed by atoms with Gasteiger partial charge in [-0.25, -0.2) is 4.98 Å². The first-order valence-electron chi connectivity index (χ1n) is 7.52. The number of nitrogens with zero attached hydrogens (tertiary/aromatic N) is 3. The van der Waals surface area contributed by atoms with Crippen LogP contribution >= 0.6 is 11.5 Å². The highest BCUT2D eigenvalue weighted by molar-refractivity contribution is 7.09. The van der Waals surface area contributed by atoms with E-state index >= 15 is 0 Å². The number of unbranched alkanes of at least 4 members (excludes halogenated alkanes) is 1. The number of rotatable bonds is 7. The minimum absolute atomic E-state index is 0.419. The molecule has 0 radical (unpaired) electrons. The Labute approximate surface area is 120 Å². The van der Waals surface area contributed by atoms with Gasteiger partial charge in [0.05, 0.1) is 0 Å². The summed E-state index contributed by atoms with van der Waals surface area (Å²) in [6.45, 7) is 9.89. The van der Waals surface area contributed by atoms with Gasteiger partial charge in [0.1, 0.15) is 5.82 Å². The smallest absolute Gasteiger partial charge is 0.205 e. The molecule has 2 heterocycles. The number of hydrogen-bond acceptors (Lipinski definition) is 5. The van der Waals surface area contributed by atoms with Crippen LogP contribution < -0.4 is 10.2 Å². The predicted molar refractivity (Wildman–Crippen MR) is 82.1 cm³/mol. The van der Waals surface area contributed by atoms with Gasteiger partial charge in [0, 0.05) is 36.6 Å². The van der Waals surface area contributed by atoms with Gasteiger partial charge in [-0.2, -0.15) is 4.37 Å². The van der Waals surface area contributed by atoms with Crippen LogP contribution in [-0.2, 0) is 0 Å². The molecule has 2 rings (SSSR count). The lowest BCUT2D eigenvalue weighted by Crippen LogP contribution is -2.38. The van der Waals surface area contributed by atoms with Crippen LogP contribution in [0.1, 0.15) is 58.2 Å². The van der Waals surface area contributed by atoms with Crippen LogP contribution in [0.2, 0.25) is 0 Å². The second-order valence-corrected chi connectivity index (χ2v) is 6.41. The van der Waals surface area contributed by atoms with E-state index in [4.69, 9.17) is 4.98 Å². The van der Waals surface area contributed by atoms with Gasteiger partial charge in [-0.3, -0.25) is 0 Å². The molecule has 0 spiro atoms. The third-order valence-corrected chi connectivity index (χ3v) is 4.39. The molecule has 4 nitrogen and oxygen atoms in total. The average Bonchev–Trinajstić information content (AvgIpc) is 3.05. The third kappa shape index (κ3) is 4.14. The van der Waals surface area contributed by atoms with E-state index < -0.39 is 0 Å². The molecule has 1 aliphatic rings. The predicted octanol–water partition coefficient (Wildman–Crippen LogP) is 3.02. The lowest BCUT2D eigenvalue weighted by atomic mass is 10.2. The number of nitrogens with one attached hydrogen (secondary N) is 1. The van der Waals surface area contributed by atoms with Crippen molar-refractivity contribution in [1.29, 1.82) is 0 Å². The van der Waals surface area contributed by atoms with Crippen molar-refractivity contribution in [3.05, 3.63) is 5.82 Å². The van der Waals surface area contributed by atoms with Gasteiger partial charge < -0.3 is 10.2 Å². The maximum Gasteiger partial charge on any atom is 0.205 e. The molecule has 1 unspecified atom stereocenters. The molecule has 1 atom stereocenters. The zero-order valence-corrected chi connectivity index (χ0v) is 13.2. The Balaban J connectivity index is 2.01. The lowest BCUT2D eigenvalue weighted by Gasteiger charge is -2.24. The quantitative estimate of drug-likeness (QED) is 0.834. The summed E-state index contributed by atoms with van der Waals surface area (Å²) in [5, 5.41) is 4.68. The van der Waals surface area contributed by atoms with Crippen LogP contribution in [-0.4, -0.2) is 35.0 Å². The highest BCUT2D eigenvalue weighted by Gasteiger charge is 2.20. The Morgan fingerprint density at radius 3 is 2.89 bits per heavy atom. The van der Waals surface area contributed by atoms with Gasteiger partial charge in [-0.05, 0) is 25.8 Å². The largest absolute Gasteiger partial charge is 0.345 e. The fourth-order valence-corrected chi connectivity index (χ4v) is 3.22. The van der Waals surface area contributed by atoms with Crippen molar-refractivity contribution in [3.8, 4) is 0 Å². The molecular formula is C14H26N4S. The molecule has 0 bridgehead atoms.